The molecule has 0 radical (unpaired) electrons. The maximum absolute atomic E-state index is 12.5. The van der Waals surface area contributed by atoms with Crippen molar-refractivity contribution in [2.24, 2.45) is 5.73 Å². The third-order valence-corrected chi connectivity index (χ3v) is 5.94. The van der Waals surface area contributed by atoms with E-state index < -0.39 is 0 Å². The van der Waals surface area contributed by atoms with Crippen molar-refractivity contribution in [2.75, 3.05) is 6.54 Å². The van der Waals surface area contributed by atoms with Crippen LogP contribution in [0, 0.1) is 20.8 Å². The number of benzene rings is 1. The van der Waals surface area contributed by atoms with E-state index in [2.05, 4.69) is 43.4 Å². The zero-order valence-electron chi connectivity index (χ0n) is 17.3. The van der Waals surface area contributed by atoms with E-state index >= 15 is 0 Å². The van der Waals surface area contributed by atoms with Crippen molar-refractivity contribution in [3.8, 4) is 0 Å². The summed E-state index contributed by atoms with van der Waals surface area (Å²) in [6.07, 6.45) is 5.52. The van der Waals surface area contributed by atoms with E-state index in [-0.39, 0.29) is 23.9 Å². The first kappa shape index (κ1) is 22.4. The van der Waals surface area contributed by atoms with Crippen molar-refractivity contribution < 1.29 is 4.79 Å². The monoisotopic (exact) mass is 404 g/mol. The second kappa shape index (κ2) is 9.57. The van der Waals surface area contributed by atoms with Crippen LogP contribution in [0.4, 0.5) is 0 Å². The Morgan fingerprint density at radius 1 is 1.18 bits per heavy atom. The molecule has 1 amide bonds. The van der Waals surface area contributed by atoms with Crippen molar-refractivity contribution in [3.05, 3.63) is 52.3 Å². The molecule has 154 valence electrons. The molecule has 0 saturated heterocycles. The number of carbonyl (C=O) groups excluding carboxylic acids is 1. The van der Waals surface area contributed by atoms with Gasteiger partial charge in [-0.05, 0) is 51.2 Å². The van der Waals surface area contributed by atoms with E-state index in [0.717, 1.165) is 50.0 Å². The topological polar surface area (TPSA) is 72.9 Å². The van der Waals surface area contributed by atoms with E-state index in [4.69, 9.17) is 10.8 Å². The molecule has 2 aromatic rings. The summed E-state index contributed by atoms with van der Waals surface area (Å²) >= 11 is 0. The molecule has 1 aliphatic rings. The lowest BCUT2D eigenvalue weighted by Gasteiger charge is -2.28. The van der Waals surface area contributed by atoms with Crippen LogP contribution in [0.25, 0.3) is 0 Å². The van der Waals surface area contributed by atoms with E-state index in [0.29, 0.717) is 13.0 Å². The Labute approximate surface area is 174 Å². The Morgan fingerprint density at radius 2 is 1.82 bits per heavy atom. The maximum atomic E-state index is 12.5. The third-order valence-electron chi connectivity index (χ3n) is 5.94. The summed E-state index contributed by atoms with van der Waals surface area (Å²) < 4.78 is 2.05. The van der Waals surface area contributed by atoms with Crippen molar-refractivity contribution >= 4 is 18.3 Å². The molecule has 3 rings (SSSR count). The SMILES string of the molecule is Cc1ccc(Cn2nc(C)c(CCC(=O)NC3(CN)CCCC3)c2C)cc1.Cl. The lowest BCUT2D eigenvalue weighted by molar-refractivity contribution is -0.122. The largest absolute Gasteiger partial charge is 0.349 e. The fourth-order valence-electron chi connectivity index (χ4n) is 4.14. The lowest BCUT2D eigenvalue weighted by atomic mass is 9.97. The number of aromatic nitrogens is 2. The van der Waals surface area contributed by atoms with E-state index in [1.165, 1.54) is 16.7 Å². The van der Waals surface area contributed by atoms with Gasteiger partial charge in [0.25, 0.3) is 0 Å². The number of aryl methyl sites for hydroxylation is 2. The minimum Gasteiger partial charge on any atom is -0.349 e. The van der Waals surface area contributed by atoms with Crippen molar-refractivity contribution in [1.82, 2.24) is 15.1 Å². The summed E-state index contributed by atoms with van der Waals surface area (Å²) in [6.45, 7) is 7.52. The highest BCUT2D eigenvalue weighted by atomic mass is 35.5. The molecule has 1 heterocycles. The molecular formula is C22H33ClN4O. The van der Waals surface area contributed by atoms with Crippen LogP contribution in [-0.4, -0.2) is 27.8 Å². The van der Waals surface area contributed by atoms with Crippen LogP contribution in [0.5, 0.6) is 0 Å². The number of hydrogen-bond donors (Lipinski definition) is 2. The first-order valence-corrected chi connectivity index (χ1v) is 10.0. The number of carbonyl (C=O) groups is 1. The van der Waals surface area contributed by atoms with E-state index in [1.54, 1.807) is 0 Å². The zero-order chi connectivity index (χ0) is 19.4. The fraction of sp³-hybridized carbons (Fsp3) is 0.545. The number of nitrogens with two attached hydrogens (primary N) is 1. The maximum Gasteiger partial charge on any atom is 0.220 e. The highest BCUT2D eigenvalue weighted by molar-refractivity contribution is 5.85. The Kier molecular flexibility index (Phi) is 7.67. The van der Waals surface area contributed by atoms with Crippen molar-refractivity contribution in [1.29, 1.82) is 0 Å². The molecule has 1 aliphatic carbocycles. The average Bonchev–Trinajstić information content (AvgIpc) is 3.21. The summed E-state index contributed by atoms with van der Waals surface area (Å²) in [7, 11) is 0. The van der Waals surface area contributed by atoms with Gasteiger partial charge in [0.2, 0.25) is 5.91 Å². The third kappa shape index (κ3) is 5.15. The predicted molar refractivity (Wildman–Crippen MR) is 116 cm³/mol. The van der Waals surface area contributed by atoms with Crippen molar-refractivity contribution in [3.63, 3.8) is 0 Å². The molecular weight excluding hydrogens is 372 g/mol. The van der Waals surface area contributed by atoms with Gasteiger partial charge in [0.05, 0.1) is 17.8 Å². The number of nitrogens with zero attached hydrogens (tertiary/aromatic N) is 2. The van der Waals surface area contributed by atoms with Gasteiger partial charge in [-0.3, -0.25) is 9.48 Å². The molecule has 0 unspecified atom stereocenters. The van der Waals surface area contributed by atoms with Crippen LogP contribution >= 0.6 is 12.4 Å². The summed E-state index contributed by atoms with van der Waals surface area (Å²) in [5, 5.41) is 7.92. The van der Waals surface area contributed by atoms with E-state index in [9.17, 15) is 4.79 Å². The van der Waals surface area contributed by atoms with Crippen LogP contribution in [-0.2, 0) is 17.8 Å². The second-order valence-corrected chi connectivity index (χ2v) is 8.03. The van der Waals surface area contributed by atoms with Gasteiger partial charge in [-0.2, -0.15) is 5.10 Å². The summed E-state index contributed by atoms with van der Waals surface area (Å²) in [6, 6.07) is 8.55. The molecule has 1 aromatic heterocycles. The highest BCUT2D eigenvalue weighted by Crippen LogP contribution is 2.28. The quantitative estimate of drug-likeness (QED) is 0.740. The Hall–Kier alpha value is -1.85. The molecule has 28 heavy (non-hydrogen) atoms. The van der Waals surface area contributed by atoms with Crippen LogP contribution in [0.1, 0.15) is 60.2 Å². The summed E-state index contributed by atoms with van der Waals surface area (Å²) in [5.74, 6) is 0.104. The Morgan fingerprint density at radius 3 is 2.43 bits per heavy atom. The minimum absolute atomic E-state index is 0. The number of nitrogens with one attached hydrogen (secondary N) is 1. The van der Waals surface area contributed by atoms with Crippen molar-refractivity contribution in [2.45, 2.75) is 71.4 Å². The van der Waals surface area contributed by atoms with Gasteiger partial charge < -0.3 is 11.1 Å². The van der Waals surface area contributed by atoms with Crippen LogP contribution in [0.15, 0.2) is 24.3 Å². The van der Waals surface area contributed by atoms with Gasteiger partial charge in [0.15, 0.2) is 0 Å². The fourth-order valence-corrected chi connectivity index (χ4v) is 4.14. The Balaban J connectivity index is 0.00000280. The standard InChI is InChI=1S/C22H32N4O.ClH/c1-16-6-8-19(9-7-16)14-26-18(3)20(17(2)25-26)10-11-21(27)24-22(15-23)12-4-5-13-22;/h6-9H,4-5,10-15,23H2,1-3H3,(H,24,27);1H. The van der Waals surface area contributed by atoms with Crippen LogP contribution < -0.4 is 11.1 Å². The molecule has 3 N–H and O–H groups in total. The van der Waals surface area contributed by atoms with Gasteiger partial charge in [-0.15, -0.1) is 12.4 Å². The van der Waals surface area contributed by atoms with Gasteiger partial charge in [-0.25, -0.2) is 0 Å². The number of amides is 1. The molecule has 1 aromatic carbocycles. The van der Waals surface area contributed by atoms with Gasteiger partial charge in [0.1, 0.15) is 0 Å². The first-order valence-electron chi connectivity index (χ1n) is 10.0. The highest BCUT2D eigenvalue weighted by Gasteiger charge is 2.33. The van der Waals surface area contributed by atoms with Crippen LogP contribution in [0.3, 0.4) is 0 Å². The van der Waals surface area contributed by atoms with E-state index in [1.807, 2.05) is 11.6 Å². The van der Waals surface area contributed by atoms with Gasteiger partial charge in [0, 0.05) is 18.7 Å². The van der Waals surface area contributed by atoms with Gasteiger partial charge in [-0.1, -0.05) is 42.7 Å². The molecule has 0 bridgehead atoms. The minimum atomic E-state index is -0.170. The summed E-state index contributed by atoms with van der Waals surface area (Å²) in [4.78, 5) is 12.5. The average molecular weight is 405 g/mol. The molecule has 1 saturated carbocycles. The smallest absolute Gasteiger partial charge is 0.220 e. The predicted octanol–water partition coefficient (Wildman–Crippen LogP) is 3.60. The zero-order valence-corrected chi connectivity index (χ0v) is 18.1. The molecule has 0 aliphatic heterocycles. The normalized spacial score (nSPS) is 15.3. The molecule has 5 nitrogen and oxygen atoms in total. The van der Waals surface area contributed by atoms with Crippen LogP contribution in [0.2, 0.25) is 0 Å². The molecule has 0 atom stereocenters. The van der Waals surface area contributed by atoms with Gasteiger partial charge >= 0.3 is 0 Å². The Bertz CT molecular complexity index is 792. The molecule has 0 spiro atoms. The summed E-state index contributed by atoms with van der Waals surface area (Å²) in [5.41, 5.74) is 11.6. The lowest BCUT2D eigenvalue weighted by Crippen LogP contribution is -2.51. The number of rotatable bonds is 7. The molecule has 1 fully saturated rings. The second-order valence-electron chi connectivity index (χ2n) is 8.03. The molecule has 6 heteroatoms. The number of hydrogen-bond acceptors (Lipinski definition) is 3. The number of halogens is 1. The first-order chi connectivity index (χ1) is 12.9.